The van der Waals surface area contributed by atoms with Crippen molar-refractivity contribution < 1.29 is 59.2 Å². The Labute approximate surface area is 583 Å². The molecule has 0 aliphatic carbocycles. The fourth-order valence-corrected chi connectivity index (χ4v) is 10.5. The second-order valence-electron chi connectivity index (χ2n) is 24.8. The topological polar surface area (TPSA) is 320 Å². The molecule has 1 saturated heterocycles. The van der Waals surface area contributed by atoms with Crippen LogP contribution in [0.3, 0.4) is 0 Å². The zero-order chi connectivity index (χ0) is 72.3. The third-order valence-corrected chi connectivity index (χ3v) is 16.2. The number of rotatable bonds is 34. The van der Waals surface area contributed by atoms with Crippen LogP contribution in [0.1, 0.15) is 206 Å². The number of hydrogen-bond donors (Lipinski definition) is 8. The van der Waals surface area contributed by atoms with E-state index in [1.165, 1.54) is 25.9 Å². The first-order chi connectivity index (χ1) is 47.8. The van der Waals surface area contributed by atoms with Gasteiger partial charge < -0.3 is 24.5 Å². The Morgan fingerprint density at radius 1 is 0.444 bits per heavy atom. The van der Waals surface area contributed by atoms with Crippen LogP contribution in [0.2, 0.25) is 0 Å². The van der Waals surface area contributed by atoms with Crippen LogP contribution in [0, 0.1) is 12.8 Å². The van der Waals surface area contributed by atoms with Gasteiger partial charge in [0.2, 0.25) is 23.6 Å². The molecule has 1 aliphatic rings. The zero-order valence-electron chi connectivity index (χ0n) is 58.8. The first kappa shape index (κ1) is 82.1. The number of nitrogens with zero attached hydrogens (tertiary/aromatic N) is 8. The fraction of sp³-hybridized carbons (Fsp3) is 0.453. The van der Waals surface area contributed by atoms with E-state index in [2.05, 4.69) is 47.5 Å². The first-order valence-electron chi connectivity index (χ1n) is 34.4. The number of carbonyl (C=O) groups excluding carboxylic acids is 8. The molecule has 3 heterocycles. The molecule has 8 N–H and O–H groups in total. The Kier molecular flexibility index (Phi) is 38.8. The van der Waals surface area contributed by atoms with Crippen molar-refractivity contribution in [1.29, 1.82) is 0 Å². The van der Waals surface area contributed by atoms with Gasteiger partial charge in [0, 0.05) is 112 Å². The summed E-state index contributed by atoms with van der Waals surface area (Å²) in [6.07, 6.45) is 17.9. The monoisotopic (exact) mass is 1360 g/mol. The highest BCUT2D eigenvalue weighted by molar-refractivity contribution is 5.95. The molecule has 0 radical (unpaired) electrons. The van der Waals surface area contributed by atoms with E-state index in [0.717, 1.165) is 111 Å². The summed E-state index contributed by atoms with van der Waals surface area (Å²) >= 11 is 0. The van der Waals surface area contributed by atoms with Gasteiger partial charge in [-0.1, -0.05) is 116 Å². The number of hydrogen-bond acceptors (Lipinski definition) is 16. The molecule has 24 heteroatoms. The Morgan fingerprint density at radius 3 is 1.12 bits per heavy atom. The third-order valence-electron chi connectivity index (χ3n) is 16.2. The molecule has 0 atom stereocenters. The average molecular weight is 1370 g/mol. The van der Waals surface area contributed by atoms with Gasteiger partial charge in [0.15, 0.2) is 0 Å². The highest BCUT2D eigenvalue weighted by atomic mass is 16.5. The number of aryl methyl sites for hydroxylation is 1. The Bertz CT molecular complexity index is 3370. The van der Waals surface area contributed by atoms with Gasteiger partial charge in [-0.2, -0.15) is 0 Å². The van der Waals surface area contributed by atoms with Crippen LogP contribution < -0.4 is 21.9 Å². The maximum Gasteiger partial charge on any atom is 0.274 e. The van der Waals surface area contributed by atoms with Crippen molar-refractivity contribution in [3.63, 3.8) is 0 Å². The third kappa shape index (κ3) is 31.4. The van der Waals surface area contributed by atoms with Gasteiger partial charge in [-0.3, -0.25) is 64.2 Å². The number of amides is 8. The van der Waals surface area contributed by atoms with Crippen molar-refractivity contribution in [3.8, 4) is 0 Å². The van der Waals surface area contributed by atoms with Crippen LogP contribution in [0.15, 0.2) is 134 Å². The van der Waals surface area contributed by atoms with Crippen LogP contribution >= 0.6 is 0 Å². The largest absolute Gasteiger partial charge is 0.338 e. The summed E-state index contributed by atoms with van der Waals surface area (Å²) < 4.78 is 0. The van der Waals surface area contributed by atoms with Gasteiger partial charge >= 0.3 is 0 Å². The first-order valence-corrected chi connectivity index (χ1v) is 34.4. The van der Waals surface area contributed by atoms with E-state index in [0.29, 0.717) is 86.1 Å². The van der Waals surface area contributed by atoms with E-state index in [4.69, 9.17) is 20.8 Å². The van der Waals surface area contributed by atoms with E-state index in [1.54, 1.807) is 124 Å². The highest BCUT2D eigenvalue weighted by Gasteiger charge is 2.21. The van der Waals surface area contributed by atoms with Gasteiger partial charge in [0.05, 0.1) is 12.8 Å². The maximum atomic E-state index is 12.7. The normalized spacial score (nSPS) is 11.5. The number of hydroxylamine groups is 4. The second-order valence-corrected chi connectivity index (χ2v) is 24.8. The average Bonchev–Trinajstić information content (AvgIpc) is 1.07. The minimum atomic E-state index is -0.563. The number of pyridine rings is 1. The van der Waals surface area contributed by atoms with Crippen molar-refractivity contribution >= 4 is 47.3 Å². The number of benzene rings is 4. The maximum absolute atomic E-state index is 12.7. The number of nitrogens with one attached hydrogen (secondary N) is 4. The van der Waals surface area contributed by atoms with E-state index in [1.807, 2.05) is 71.9 Å². The number of unbranched alkanes of at least 4 members (excludes halogenated alkanes) is 4. The summed E-state index contributed by atoms with van der Waals surface area (Å²) in [6, 6.07) is 33.1. The standard InChI is InChI=1S/C20H25N3O3.C20H31N3O3.C18H22N4O3.C17H26N2O3/c1-3-4-11-23(19(24)13-18-12-15(2)9-10-21-18)14-16-5-7-17(8-6-16)20(25)22-26;1-2-3-15-23(19(24)7-6-14-22-12-4-5-13-22)16-17-8-10-18(11-9-17)20(25)21-26;1-2-3-11-22(17(23)12-16-19-9-4-10-20-16)13-14-5-7-15(8-6-14)18(24)21-25;1-4-5-10-19(16(20)11-13(2)3)12-14-6-8-15(9-7-14)17(21)18-22/h5-10,12,26H,3-4,11,13-14H2,1-2H3,(H,22,25);8-11,26H,2-7,12-16H2,1H3,(H,21,25);4-10,25H,2-3,11-13H2,1H3,(H,21,24);6-9,13,22H,4-5,10-12H2,1-3H3,(H,18,21). The molecule has 1 aliphatic heterocycles. The lowest BCUT2D eigenvalue weighted by atomic mass is 10.1. The summed E-state index contributed by atoms with van der Waals surface area (Å²) in [5, 5.41) is 34.6. The summed E-state index contributed by atoms with van der Waals surface area (Å²) in [5.41, 5.74) is 13.6. The van der Waals surface area contributed by atoms with E-state index < -0.39 is 23.6 Å². The quantitative estimate of drug-likeness (QED) is 0.0137. The Hall–Kier alpha value is -9.33. The Morgan fingerprint density at radius 2 is 0.788 bits per heavy atom. The Balaban J connectivity index is 0.000000281. The molecule has 4 aromatic carbocycles. The van der Waals surface area contributed by atoms with Gasteiger partial charge in [-0.25, -0.2) is 31.9 Å². The van der Waals surface area contributed by atoms with Crippen LogP contribution in [-0.4, -0.2) is 153 Å². The summed E-state index contributed by atoms with van der Waals surface area (Å²) in [5.74, 6) is -0.965. The molecule has 7 rings (SSSR count). The van der Waals surface area contributed by atoms with Gasteiger partial charge in [-0.05, 0) is 172 Å². The molecule has 536 valence electrons. The minimum Gasteiger partial charge on any atom is -0.338 e. The molecular formula is C75H104N12O12. The lowest BCUT2D eigenvalue weighted by Crippen LogP contribution is -2.33. The van der Waals surface area contributed by atoms with Crippen molar-refractivity contribution in [2.45, 2.75) is 171 Å². The number of carbonyl (C=O) groups is 8. The second kappa shape index (κ2) is 46.8. The molecule has 0 unspecified atom stereocenters. The van der Waals surface area contributed by atoms with Crippen molar-refractivity contribution in [2.75, 3.05) is 45.8 Å². The summed E-state index contributed by atoms with van der Waals surface area (Å²) in [4.78, 5) is 118. The molecule has 1 fully saturated rings. The predicted octanol–water partition coefficient (Wildman–Crippen LogP) is 10.6. The smallest absolute Gasteiger partial charge is 0.274 e. The molecule has 6 aromatic rings. The highest BCUT2D eigenvalue weighted by Crippen LogP contribution is 2.18. The minimum absolute atomic E-state index is 0.0307. The van der Waals surface area contributed by atoms with E-state index >= 15 is 0 Å². The SMILES string of the molecule is CCCCN(Cc1ccc(C(=O)NO)cc1)C(=O)CC(C)C.CCCCN(Cc1ccc(C(=O)NO)cc1)C(=O)CCCN1CCCC1.CCCCN(Cc1ccc(C(=O)NO)cc1)C(=O)Cc1cc(C)ccn1.CCCCN(Cc1ccc(C(=O)NO)cc1)C(=O)Cc1ncccn1. The summed E-state index contributed by atoms with van der Waals surface area (Å²) in [7, 11) is 0. The predicted molar refractivity (Wildman–Crippen MR) is 377 cm³/mol. The molecule has 0 saturated carbocycles. The lowest BCUT2D eigenvalue weighted by molar-refractivity contribution is -0.133. The molecule has 99 heavy (non-hydrogen) atoms. The van der Waals surface area contributed by atoms with Gasteiger partial charge in [0.25, 0.3) is 23.6 Å². The van der Waals surface area contributed by atoms with Crippen molar-refractivity contribution in [2.24, 2.45) is 5.92 Å². The van der Waals surface area contributed by atoms with Crippen LogP contribution in [0.25, 0.3) is 0 Å². The lowest BCUT2D eigenvalue weighted by Gasteiger charge is -2.23. The molecule has 0 spiro atoms. The molecular weight excluding hydrogens is 1260 g/mol. The van der Waals surface area contributed by atoms with E-state index in [9.17, 15) is 38.4 Å². The number of aromatic nitrogens is 3. The van der Waals surface area contributed by atoms with Crippen molar-refractivity contribution in [1.82, 2.24) is 61.4 Å². The van der Waals surface area contributed by atoms with E-state index in [-0.39, 0.29) is 36.5 Å². The zero-order valence-corrected chi connectivity index (χ0v) is 58.8. The number of likely N-dealkylation sites (tertiary alicyclic amines) is 1. The van der Waals surface area contributed by atoms with Gasteiger partial charge in [-0.15, -0.1) is 0 Å². The molecule has 8 amide bonds. The molecule has 2 aromatic heterocycles. The summed E-state index contributed by atoms with van der Waals surface area (Å²) in [6.45, 7) is 22.7. The fourth-order valence-electron chi connectivity index (χ4n) is 10.5. The molecule has 24 nitrogen and oxygen atoms in total. The molecule has 0 bridgehead atoms. The van der Waals surface area contributed by atoms with Gasteiger partial charge in [0.1, 0.15) is 5.82 Å². The van der Waals surface area contributed by atoms with Crippen molar-refractivity contribution in [3.05, 3.63) is 195 Å². The van der Waals surface area contributed by atoms with Crippen LogP contribution in [0.5, 0.6) is 0 Å². The van der Waals surface area contributed by atoms with Crippen LogP contribution in [-0.2, 0) is 58.2 Å². The van der Waals surface area contributed by atoms with Crippen LogP contribution in [0.4, 0.5) is 0 Å².